The van der Waals surface area contributed by atoms with Gasteiger partial charge in [-0.2, -0.15) is 0 Å². The van der Waals surface area contributed by atoms with E-state index < -0.39 is 0 Å². The quantitative estimate of drug-likeness (QED) is 0.532. The lowest BCUT2D eigenvalue weighted by Crippen LogP contribution is -2.03. The van der Waals surface area contributed by atoms with E-state index in [2.05, 4.69) is 17.1 Å². The molecule has 4 heteroatoms. The summed E-state index contributed by atoms with van der Waals surface area (Å²) in [6.07, 6.45) is 3.43. The van der Waals surface area contributed by atoms with Crippen molar-refractivity contribution in [3.63, 3.8) is 0 Å². The summed E-state index contributed by atoms with van der Waals surface area (Å²) in [6, 6.07) is 13.7. The number of aryl methyl sites for hydroxylation is 2. The highest BCUT2D eigenvalue weighted by Gasteiger charge is 2.15. The molecule has 0 saturated carbocycles. The first-order chi connectivity index (χ1) is 10.8. The van der Waals surface area contributed by atoms with E-state index in [-0.39, 0.29) is 5.78 Å². The fourth-order valence-corrected chi connectivity index (χ4v) is 3.60. The van der Waals surface area contributed by atoms with E-state index in [4.69, 9.17) is 4.42 Å². The summed E-state index contributed by atoms with van der Waals surface area (Å²) in [5.41, 5.74) is 5.11. The van der Waals surface area contributed by atoms with Gasteiger partial charge in [-0.15, -0.1) is 0 Å². The van der Waals surface area contributed by atoms with Gasteiger partial charge in [0.2, 0.25) is 0 Å². The topological polar surface area (TPSA) is 43.1 Å². The Kier molecular flexibility index (Phi) is 3.47. The van der Waals surface area contributed by atoms with Crippen molar-refractivity contribution in [2.45, 2.75) is 24.5 Å². The number of carbonyl (C=O) groups excluding carboxylic acids is 1. The number of rotatable bonds is 4. The number of hydrogen-bond acceptors (Lipinski definition) is 4. The van der Waals surface area contributed by atoms with E-state index in [0.29, 0.717) is 11.0 Å². The molecule has 0 amide bonds. The maximum atomic E-state index is 12.3. The van der Waals surface area contributed by atoms with Crippen LogP contribution in [0.4, 0.5) is 0 Å². The lowest BCUT2D eigenvalue weighted by molar-refractivity contribution is 0.102. The van der Waals surface area contributed by atoms with Crippen LogP contribution >= 0.6 is 11.8 Å². The number of ketones is 1. The van der Waals surface area contributed by atoms with Crippen molar-refractivity contribution in [3.8, 4) is 0 Å². The minimum Gasteiger partial charge on any atom is -0.431 e. The molecule has 22 heavy (non-hydrogen) atoms. The van der Waals surface area contributed by atoms with Gasteiger partial charge in [0.15, 0.2) is 11.4 Å². The molecule has 1 aliphatic carbocycles. The predicted octanol–water partition coefficient (Wildman–Crippen LogP) is 4.29. The van der Waals surface area contributed by atoms with Crippen LogP contribution in [0.1, 0.15) is 27.9 Å². The summed E-state index contributed by atoms with van der Waals surface area (Å²) >= 11 is 1.36. The Bertz CT molecular complexity index is 820. The van der Waals surface area contributed by atoms with Gasteiger partial charge < -0.3 is 4.42 Å². The van der Waals surface area contributed by atoms with E-state index in [9.17, 15) is 4.79 Å². The summed E-state index contributed by atoms with van der Waals surface area (Å²) in [5.74, 6) is 0.480. The van der Waals surface area contributed by atoms with Gasteiger partial charge in [0.05, 0.1) is 5.75 Å². The molecule has 2 aromatic carbocycles. The molecule has 0 saturated heterocycles. The van der Waals surface area contributed by atoms with Crippen molar-refractivity contribution in [1.82, 2.24) is 4.98 Å². The maximum absolute atomic E-state index is 12.3. The number of oxazole rings is 1. The van der Waals surface area contributed by atoms with Crippen molar-refractivity contribution in [1.29, 1.82) is 0 Å². The number of thioether (sulfide) groups is 1. The fraction of sp³-hybridized carbons (Fsp3) is 0.222. The largest absolute Gasteiger partial charge is 0.431 e. The summed E-state index contributed by atoms with van der Waals surface area (Å²) in [6.45, 7) is 0. The lowest BCUT2D eigenvalue weighted by Gasteiger charge is -2.03. The highest BCUT2D eigenvalue weighted by molar-refractivity contribution is 7.99. The second-order valence-corrected chi connectivity index (χ2v) is 6.42. The molecule has 0 unspecified atom stereocenters. The van der Waals surface area contributed by atoms with Crippen LogP contribution in [0.3, 0.4) is 0 Å². The average molecular weight is 309 g/mol. The highest BCUT2D eigenvalue weighted by Crippen LogP contribution is 2.26. The van der Waals surface area contributed by atoms with Crippen LogP contribution in [-0.2, 0) is 12.8 Å². The van der Waals surface area contributed by atoms with Gasteiger partial charge in [-0.1, -0.05) is 36.0 Å². The van der Waals surface area contributed by atoms with Crippen LogP contribution in [0, 0.1) is 0 Å². The molecule has 1 aromatic heterocycles. The number of aromatic nitrogens is 1. The van der Waals surface area contributed by atoms with Crippen LogP contribution in [0.25, 0.3) is 11.1 Å². The first-order valence-corrected chi connectivity index (χ1v) is 8.41. The van der Waals surface area contributed by atoms with Crippen molar-refractivity contribution >= 4 is 28.6 Å². The lowest BCUT2D eigenvalue weighted by atomic mass is 10.0. The Balaban J connectivity index is 1.47. The molecule has 0 atom stereocenters. The average Bonchev–Trinajstić information content (AvgIpc) is 3.17. The van der Waals surface area contributed by atoms with E-state index in [1.165, 1.54) is 29.3 Å². The normalized spacial score (nSPS) is 13.5. The van der Waals surface area contributed by atoms with Crippen molar-refractivity contribution in [2.24, 2.45) is 0 Å². The summed E-state index contributed by atoms with van der Waals surface area (Å²) in [5, 5.41) is 0.552. The number of Topliss-reactive ketones (excluding diaryl/α,β-unsaturated/α-hetero) is 1. The van der Waals surface area contributed by atoms with Gasteiger partial charge in [0, 0.05) is 5.56 Å². The molecule has 0 aliphatic heterocycles. The third kappa shape index (κ3) is 2.55. The van der Waals surface area contributed by atoms with Crippen molar-refractivity contribution in [3.05, 3.63) is 59.2 Å². The maximum Gasteiger partial charge on any atom is 0.257 e. The van der Waals surface area contributed by atoms with Crippen LogP contribution in [0.15, 0.2) is 52.1 Å². The Morgan fingerprint density at radius 2 is 2.00 bits per heavy atom. The molecule has 3 aromatic rings. The zero-order chi connectivity index (χ0) is 14.9. The van der Waals surface area contributed by atoms with Crippen molar-refractivity contribution < 1.29 is 9.21 Å². The van der Waals surface area contributed by atoms with Crippen LogP contribution < -0.4 is 0 Å². The molecule has 4 rings (SSSR count). The summed E-state index contributed by atoms with van der Waals surface area (Å²) in [7, 11) is 0. The standard InChI is InChI=1S/C18H15NO2S/c20-16(14-9-8-12-4-3-5-13(12)10-14)11-22-18-19-15-6-1-2-7-17(15)21-18/h1-2,6-10H,3-5,11H2. The molecule has 1 aliphatic rings. The summed E-state index contributed by atoms with van der Waals surface area (Å²) < 4.78 is 5.63. The van der Waals surface area contributed by atoms with E-state index in [1.54, 1.807) is 0 Å². The smallest absolute Gasteiger partial charge is 0.257 e. The second kappa shape index (κ2) is 5.61. The van der Waals surface area contributed by atoms with Gasteiger partial charge in [-0.25, -0.2) is 4.98 Å². The van der Waals surface area contributed by atoms with Crippen LogP contribution in [0.2, 0.25) is 0 Å². The predicted molar refractivity (Wildman–Crippen MR) is 87.5 cm³/mol. The van der Waals surface area contributed by atoms with E-state index in [1.807, 2.05) is 30.3 Å². The number of benzene rings is 2. The number of carbonyl (C=O) groups is 1. The van der Waals surface area contributed by atoms with Gasteiger partial charge in [-0.05, 0) is 48.6 Å². The number of para-hydroxylation sites is 2. The zero-order valence-electron chi connectivity index (χ0n) is 12.0. The van der Waals surface area contributed by atoms with Gasteiger partial charge in [0.1, 0.15) is 5.52 Å². The van der Waals surface area contributed by atoms with Gasteiger partial charge in [-0.3, -0.25) is 4.79 Å². The monoisotopic (exact) mass is 309 g/mol. The van der Waals surface area contributed by atoms with E-state index >= 15 is 0 Å². The van der Waals surface area contributed by atoms with Gasteiger partial charge >= 0.3 is 0 Å². The Hall–Kier alpha value is -2.07. The molecule has 3 nitrogen and oxygen atoms in total. The number of nitrogens with zero attached hydrogens (tertiary/aromatic N) is 1. The SMILES string of the molecule is O=C(CSc1nc2ccccc2o1)c1ccc2c(c1)CCC2. The molecule has 0 fully saturated rings. The minimum atomic E-state index is 0.127. The van der Waals surface area contributed by atoms with Gasteiger partial charge in [0.25, 0.3) is 5.22 Å². The molecule has 110 valence electrons. The first-order valence-electron chi connectivity index (χ1n) is 7.43. The Morgan fingerprint density at radius 1 is 1.14 bits per heavy atom. The zero-order valence-corrected chi connectivity index (χ0v) is 12.9. The van der Waals surface area contributed by atoms with Crippen LogP contribution in [0.5, 0.6) is 0 Å². The fourth-order valence-electron chi connectivity index (χ4n) is 2.87. The van der Waals surface area contributed by atoms with Crippen molar-refractivity contribution in [2.75, 3.05) is 5.75 Å². The molecule has 1 heterocycles. The minimum absolute atomic E-state index is 0.127. The number of hydrogen-bond donors (Lipinski definition) is 0. The molecular formula is C18H15NO2S. The summed E-state index contributed by atoms with van der Waals surface area (Å²) in [4.78, 5) is 16.7. The molecule has 0 bridgehead atoms. The molecule has 0 spiro atoms. The second-order valence-electron chi connectivity index (χ2n) is 5.50. The third-order valence-corrected chi connectivity index (χ3v) is 4.85. The molecule has 0 N–H and O–H groups in total. The van der Waals surface area contributed by atoms with Crippen LogP contribution in [-0.4, -0.2) is 16.5 Å². The Morgan fingerprint density at radius 3 is 2.91 bits per heavy atom. The number of fused-ring (bicyclic) bond motifs is 2. The highest BCUT2D eigenvalue weighted by atomic mass is 32.2. The van der Waals surface area contributed by atoms with E-state index in [0.717, 1.165) is 29.5 Å². The Labute approximate surface area is 132 Å². The molecular weight excluding hydrogens is 294 g/mol. The third-order valence-electron chi connectivity index (χ3n) is 4.02. The molecule has 0 radical (unpaired) electrons. The first kappa shape index (κ1) is 13.6.